The number of rotatable bonds is 5. The standard InChI is InChI=1S/C17H15N3OS2/c1-12(15-8-5-9-22-15)19-20-16(21)10-17-18-14(11-23-17)13-6-3-2-4-7-13/h2-9,11H,10H2,1H3,(H,20,21)/b19-12-. The molecule has 23 heavy (non-hydrogen) atoms. The van der Waals surface area contributed by atoms with Gasteiger partial charge in [-0.1, -0.05) is 36.4 Å². The third-order valence-electron chi connectivity index (χ3n) is 3.16. The number of hydrazone groups is 1. The minimum absolute atomic E-state index is 0.158. The highest BCUT2D eigenvalue weighted by molar-refractivity contribution is 7.12. The molecule has 0 aliphatic carbocycles. The molecule has 0 atom stereocenters. The van der Waals surface area contributed by atoms with Crippen molar-refractivity contribution in [1.29, 1.82) is 0 Å². The second-order valence-corrected chi connectivity index (χ2v) is 6.77. The Morgan fingerprint density at radius 3 is 2.74 bits per heavy atom. The lowest BCUT2D eigenvalue weighted by Crippen LogP contribution is -2.21. The molecule has 0 radical (unpaired) electrons. The summed E-state index contributed by atoms with van der Waals surface area (Å²) in [6.07, 6.45) is 0.235. The summed E-state index contributed by atoms with van der Waals surface area (Å²) in [6, 6.07) is 13.9. The van der Waals surface area contributed by atoms with Gasteiger partial charge in [0.1, 0.15) is 5.01 Å². The van der Waals surface area contributed by atoms with Crippen molar-refractivity contribution in [3.8, 4) is 11.3 Å². The second-order valence-electron chi connectivity index (χ2n) is 4.88. The van der Waals surface area contributed by atoms with Crippen LogP contribution in [0, 0.1) is 0 Å². The smallest absolute Gasteiger partial charge is 0.246 e. The normalized spacial score (nSPS) is 11.4. The first-order valence-electron chi connectivity index (χ1n) is 7.09. The third-order valence-corrected chi connectivity index (χ3v) is 4.99. The minimum atomic E-state index is -0.158. The van der Waals surface area contributed by atoms with Crippen LogP contribution in [0.1, 0.15) is 16.8 Å². The fourth-order valence-electron chi connectivity index (χ4n) is 2.00. The van der Waals surface area contributed by atoms with E-state index in [0.29, 0.717) is 0 Å². The van der Waals surface area contributed by atoms with Crippen molar-refractivity contribution in [3.05, 3.63) is 63.1 Å². The molecule has 0 bridgehead atoms. The van der Waals surface area contributed by atoms with Gasteiger partial charge in [-0.2, -0.15) is 5.10 Å². The molecule has 0 fully saturated rings. The molecule has 0 aliphatic heterocycles. The van der Waals surface area contributed by atoms with Gasteiger partial charge in [-0.05, 0) is 18.4 Å². The Kier molecular flexibility index (Phi) is 4.95. The fraction of sp³-hybridized carbons (Fsp3) is 0.118. The van der Waals surface area contributed by atoms with Gasteiger partial charge in [0.15, 0.2) is 0 Å². The quantitative estimate of drug-likeness (QED) is 0.564. The first-order valence-corrected chi connectivity index (χ1v) is 8.85. The van der Waals surface area contributed by atoms with Crippen molar-refractivity contribution < 1.29 is 4.79 Å². The zero-order valence-electron chi connectivity index (χ0n) is 12.5. The third kappa shape index (κ3) is 4.12. The van der Waals surface area contributed by atoms with Crippen LogP contribution in [0.4, 0.5) is 0 Å². The Morgan fingerprint density at radius 2 is 2.00 bits per heavy atom. The van der Waals surface area contributed by atoms with Crippen LogP contribution in [-0.4, -0.2) is 16.6 Å². The monoisotopic (exact) mass is 341 g/mol. The van der Waals surface area contributed by atoms with Gasteiger partial charge in [0.05, 0.1) is 17.8 Å². The Morgan fingerprint density at radius 1 is 1.17 bits per heavy atom. The molecule has 4 nitrogen and oxygen atoms in total. The molecule has 3 rings (SSSR count). The minimum Gasteiger partial charge on any atom is -0.273 e. The maximum absolute atomic E-state index is 12.0. The van der Waals surface area contributed by atoms with Crippen LogP contribution >= 0.6 is 22.7 Å². The molecular formula is C17H15N3OS2. The van der Waals surface area contributed by atoms with Gasteiger partial charge in [-0.25, -0.2) is 10.4 Å². The Hall–Kier alpha value is -2.31. The van der Waals surface area contributed by atoms with E-state index < -0.39 is 0 Å². The highest BCUT2D eigenvalue weighted by Crippen LogP contribution is 2.21. The average molecular weight is 341 g/mol. The molecule has 0 aliphatic rings. The van der Waals surface area contributed by atoms with Crippen molar-refractivity contribution in [2.45, 2.75) is 13.3 Å². The van der Waals surface area contributed by atoms with Crippen LogP contribution in [0.5, 0.6) is 0 Å². The van der Waals surface area contributed by atoms with E-state index in [9.17, 15) is 4.79 Å². The maximum Gasteiger partial charge on any atom is 0.246 e. The zero-order valence-corrected chi connectivity index (χ0v) is 14.2. The molecule has 0 unspecified atom stereocenters. The van der Waals surface area contributed by atoms with E-state index in [1.165, 1.54) is 11.3 Å². The summed E-state index contributed by atoms with van der Waals surface area (Å²) in [4.78, 5) is 17.5. The highest BCUT2D eigenvalue weighted by Gasteiger charge is 2.09. The van der Waals surface area contributed by atoms with Gasteiger partial charge >= 0.3 is 0 Å². The summed E-state index contributed by atoms with van der Waals surface area (Å²) in [5, 5.41) is 8.87. The summed E-state index contributed by atoms with van der Waals surface area (Å²) in [5.41, 5.74) is 5.35. The van der Waals surface area contributed by atoms with Crippen molar-refractivity contribution in [2.24, 2.45) is 5.10 Å². The lowest BCUT2D eigenvalue weighted by atomic mass is 10.2. The van der Waals surface area contributed by atoms with Gasteiger partial charge in [0.2, 0.25) is 5.91 Å². The molecule has 2 aromatic heterocycles. The lowest BCUT2D eigenvalue weighted by Gasteiger charge is -1.99. The van der Waals surface area contributed by atoms with E-state index >= 15 is 0 Å². The van der Waals surface area contributed by atoms with Gasteiger partial charge in [-0.15, -0.1) is 22.7 Å². The fourth-order valence-corrected chi connectivity index (χ4v) is 3.48. The summed E-state index contributed by atoms with van der Waals surface area (Å²) in [5.74, 6) is -0.158. The van der Waals surface area contributed by atoms with E-state index in [1.807, 2.05) is 60.1 Å². The van der Waals surface area contributed by atoms with E-state index in [4.69, 9.17) is 0 Å². The second kappa shape index (κ2) is 7.30. The maximum atomic E-state index is 12.0. The molecule has 6 heteroatoms. The van der Waals surface area contributed by atoms with Crippen LogP contribution in [0.2, 0.25) is 0 Å². The van der Waals surface area contributed by atoms with Gasteiger partial charge in [0, 0.05) is 15.8 Å². The molecule has 116 valence electrons. The number of carbonyl (C=O) groups excluding carboxylic acids is 1. The van der Waals surface area contributed by atoms with Gasteiger partial charge < -0.3 is 0 Å². The molecule has 0 saturated carbocycles. The predicted molar refractivity (Wildman–Crippen MR) is 95.9 cm³/mol. The Balaban J connectivity index is 1.60. The summed E-state index contributed by atoms with van der Waals surface area (Å²) < 4.78 is 0. The van der Waals surface area contributed by atoms with Crippen LogP contribution in [0.15, 0.2) is 58.3 Å². The van der Waals surface area contributed by atoms with E-state index in [-0.39, 0.29) is 12.3 Å². The van der Waals surface area contributed by atoms with E-state index in [0.717, 1.165) is 26.9 Å². The van der Waals surface area contributed by atoms with E-state index in [2.05, 4.69) is 15.5 Å². The van der Waals surface area contributed by atoms with Crippen LogP contribution in [0.3, 0.4) is 0 Å². The molecule has 2 heterocycles. The number of hydrogen-bond donors (Lipinski definition) is 1. The highest BCUT2D eigenvalue weighted by atomic mass is 32.1. The average Bonchev–Trinajstić information content (AvgIpc) is 3.25. The number of nitrogens with one attached hydrogen (secondary N) is 1. The van der Waals surface area contributed by atoms with Gasteiger partial charge in [-0.3, -0.25) is 4.79 Å². The van der Waals surface area contributed by atoms with Crippen LogP contribution in [-0.2, 0) is 11.2 Å². The van der Waals surface area contributed by atoms with Crippen molar-refractivity contribution in [3.63, 3.8) is 0 Å². The number of aromatic nitrogens is 1. The summed E-state index contributed by atoms with van der Waals surface area (Å²) >= 11 is 3.08. The summed E-state index contributed by atoms with van der Waals surface area (Å²) in [7, 11) is 0. The molecular weight excluding hydrogens is 326 g/mol. The molecule has 3 aromatic rings. The number of thiazole rings is 1. The topological polar surface area (TPSA) is 54.4 Å². The van der Waals surface area contributed by atoms with E-state index in [1.54, 1.807) is 11.3 Å². The Bertz CT molecular complexity index is 808. The number of thiophene rings is 1. The first kappa shape index (κ1) is 15.6. The van der Waals surface area contributed by atoms with Crippen LogP contribution in [0.25, 0.3) is 11.3 Å². The molecule has 0 saturated heterocycles. The van der Waals surface area contributed by atoms with Crippen molar-refractivity contribution >= 4 is 34.3 Å². The molecule has 1 amide bonds. The lowest BCUT2D eigenvalue weighted by molar-refractivity contribution is -0.120. The van der Waals surface area contributed by atoms with Crippen LogP contribution < -0.4 is 5.43 Å². The molecule has 1 aromatic carbocycles. The SMILES string of the molecule is C/C(=N/NC(=O)Cc1nc(-c2ccccc2)cs1)c1cccs1. The van der Waals surface area contributed by atoms with Crippen molar-refractivity contribution in [1.82, 2.24) is 10.4 Å². The molecule has 1 N–H and O–H groups in total. The Labute approximate surface area is 142 Å². The van der Waals surface area contributed by atoms with Crippen molar-refractivity contribution in [2.75, 3.05) is 0 Å². The molecule has 0 spiro atoms. The summed E-state index contributed by atoms with van der Waals surface area (Å²) in [6.45, 7) is 1.88. The predicted octanol–water partition coefficient (Wildman–Crippen LogP) is 3.95. The number of benzene rings is 1. The largest absolute Gasteiger partial charge is 0.273 e. The number of nitrogens with zero attached hydrogens (tertiary/aromatic N) is 2. The number of carbonyl (C=O) groups is 1. The number of amides is 1. The van der Waals surface area contributed by atoms with Gasteiger partial charge in [0.25, 0.3) is 0 Å². The first-order chi connectivity index (χ1) is 11.2. The zero-order chi connectivity index (χ0) is 16.1. The number of hydrogen-bond acceptors (Lipinski definition) is 5.